The van der Waals surface area contributed by atoms with E-state index in [0.717, 1.165) is 49.7 Å². The average Bonchev–Trinajstić information content (AvgIpc) is 3.00. The number of benzene rings is 2. The predicted octanol–water partition coefficient (Wildman–Crippen LogP) is 5.87. The number of aryl methyl sites for hydroxylation is 1. The summed E-state index contributed by atoms with van der Waals surface area (Å²) in [5.74, 6) is 4.34. The van der Waals surface area contributed by atoms with Crippen LogP contribution in [0, 0.1) is 36.3 Å². The third-order valence-corrected chi connectivity index (χ3v) is 6.95. The molecule has 43 heavy (non-hydrogen) atoms. The molecule has 1 aliphatic heterocycles. The van der Waals surface area contributed by atoms with Gasteiger partial charge in [-0.25, -0.2) is 8.78 Å². The Bertz CT molecular complexity index is 1370. The van der Waals surface area contributed by atoms with E-state index < -0.39 is 11.6 Å². The van der Waals surface area contributed by atoms with Crippen LogP contribution in [0.5, 0.6) is 0 Å². The Morgan fingerprint density at radius 1 is 1.16 bits per heavy atom. The number of amidine groups is 1. The fourth-order valence-electron chi connectivity index (χ4n) is 4.80. The Kier molecular flexibility index (Phi) is 14.7. The highest BCUT2D eigenvalue weighted by Gasteiger charge is 2.28. The summed E-state index contributed by atoms with van der Waals surface area (Å²) in [6, 6.07) is 11.9. The molecule has 0 aromatic heterocycles. The zero-order valence-corrected chi connectivity index (χ0v) is 25.8. The van der Waals surface area contributed by atoms with Crippen molar-refractivity contribution in [3.05, 3.63) is 88.1 Å². The number of hydrogen-bond donors (Lipinski definition) is 3. The van der Waals surface area contributed by atoms with Crippen molar-refractivity contribution in [3.8, 4) is 11.8 Å². The number of allylic oxidation sites excluding steroid dienone is 2. The van der Waals surface area contributed by atoms with Gasteiger partial charge < -0.3 is 21.4 Å². The molecule has 1 aliphatic rings. The van der Waals surface area contributed by atoms with Gasteiger partial charge in [0.2, 0.25) is 0 Å². The zero-order valence-electron chi connectivity index (χ0n) is 25.8. The predicted molar refractivity (Wildman–Crippen MR) is 170 cm³/mol. The summed E-state index contributed by atoms with van der Waals surface area (Å²) in [7, 11) is 1.66. The first-order valence-corrected chi connectivity index (χ1v) is 14.6. The van der Waals surface area contributed by atoms with Crippen LogP contribution in [0.2, 0.25) is 0 Å². The number of likely N-dealkylation sites (tertiary alicyclic amines) is 1. The lowest BCUT2D eigenvalue weighted by atomic mass is 9.84. The van der Waals surface area contributed by atoms with Gasteiger partial charge in [0.25, 0.3) is 5.91 Å². The molecule has 1 atom stereocenters. The van der Waals surface area contributed by atoms with Crippen molar-refractivity contribution in [2.24, 2.45) is 16.8 Å². The maximum absolute atomic E-state index is 12.5. The SMILES string of the molecule is CC#CC(=O)N1CCCC(C(=C\CC)/C(C=O)=C(Nc2ccc(CCC)cc2)/C(N)=N\NC)C1.Cc1c(F)cccc1F. The first-order valence-electron chi connectivity index (χ1n) is 14.6. The molecular weight excluding hydrogens is 548 g/mol. The normalized spacial score (nSPS) is 15.7. The van der Waals surface area contributed by atoms with E-state index in [2.05, 4.69) is 46.7 Å². The molecule has 7 nitrogen and oxygen atoms in total. The number of carbonyl (C=O) groups excluding carboxylic acids is 2. The second-order valence-electron chi connectivity index (χ2n) is 10.1. The van der Waals surface area contributed by atoms with Crippen LogP contribution in [0.1, 0.15) is 57.6 Å². The molecule has 2 aromatic rings. The van der Waals surface area contributed by atoms with E-state index in [9.17, 15) is 18.4 Å². The second kappa shape index (κ2) is 18.2. The molecule has 0 radical (unpaired) electrons. The molecule has 4 N–H and O–H groups in total. The van der Waals surface area contributed by atoms with E-state index in [1.54, 1.807) is 18.9 Å². The number of piperidine rings is 1. The summed E-state index contributed by atoms with van der Waals surface area (Å²) in [5, 5.41) is 7.47. The van der Waals surface area contributed by atoms with Crippen LogP contribution in [-0.4, -0.2) is 43.1 Å². The number of nitrogens with one attached hydrogen (secondary N) is 2. The van der Waals surface area contributed by atoms with Gasteiger partial charge in [-0.15, -0.1) is 0 Å². The Balaban J connectivity index is 0.000000609. The lowest BCUT2D eigenvalue weighted by Gasteiger charge is -2.33. The number of aldehydes is 1. The fourth-order valence-corrected chi connectivity index (χ4v) is 4.80. The van der Waals surface area contributed by atoms with E-state index in [-0.39, 0.29) is 23.2 Å². The first-order chi connectivity index (χ1) is 20.7. The number of amides is 1. The topological polar surface area (TPSA) is 99.8 Å². The molecule has 1 saturated heterocycles. The summed E-state index contributed by atoms with van der Waals surface area (Å²) in [6.07, 6.45) is 7.42. The van der Waals surface area contributed by atoms with Crippen molar-refractivity contribution >= 4 is 23.7 Å². The number of hydrazone groups is 1. The average molecular weight is 592 g/mol. The Hall–Kier alpha value is -4.45. The molecule has 1 heterocycles. The number of hydrogen-bond acceptors (Lipinski definition) is 5. The maximum Gasteiger partial charge on any atom is 0.298 e. The van der Waals surface area contributed by atoms with Crippen LogP contribution >= 0.6 is 0 Å². The lowest BCUT2D eigenvalue weighted by Crippen LogP contribution is -2.40. The summed E-state index contributed by atoms with van der Waals surface area (Å²) < 4.78 is 24.7. The minimum Gasteiger partial charge on any atom is -0.381 e. The molecule has 1 unspecified atom stereocenters. The first kappa shape index (κ1) is 34.7. The smallest absolute Gasteiger partial charge is 0.298 e. The van der Waals surface area contributed by atoms with Crippen LogP contribution in [0.4, 0.5) is 14.5 Å². The van der Waals surface area contributed by atoms with Gasteiger partial charge in [-0.05, 0) is 80.9 Å². The van der Waals surface area contributed by atoms with Crippen molar-refractivity contribution in [3.63, 3.8) is 0 Å². The molecule has 9 heteroatoms. The minimum absolute atomic E-state index is 0.00243. The van der Waals surface area contributed by atoms with Crippen molar-refractivity contribution < 1.29 is 18.4 Å². The number of halogens is 2. The van der Waals surface area contributed by atoms with Gasteiger partial charge in [0.05, 0.1) is 5.70 Å². The van der Waals surface area contributed by atoms with E-state index in [1.807, 2.05) is 25.1 Å². The third-order valence-electron chi connectivity index (χ3n) is 6.95. The summed E-state index contributed by atoms with van der Waals surface area (Å²) in [5.41, 5.74) is 12.9. The molecule has 3 rings (SSSR count). The van der Waals surface area contributed by atoms with Crippen LogP contribution in [0.15, 0.2) is 70.5 Å². The van der Waals surface area contributed by atoms with E-state index in [0.29, 0.717) is 24.4 Å². The molecule has 0 bridgehead atoms. The highest BCUT2D eigenvalue weighted by Crippen LogP contribution is 2.31. The molecule has 0 spiro atoms. The maximum atomic E-state index is 12.5. The van der Waals surface area contributed by atoms with Crippen molar-refractivity contribution in [2.75, 3.05) is 25.5 Å². The standard InChI is InChI=1S/C27H37N5O2.C7H6F2/c1-5-9-20-13-15-22(16-14-20)30-26(27(28)31-29-4)24(19-33)23(10-6-2)21-12-8-17-32(18-21)25(34)11-7-3;1-5-6(8)3-2-4-7(5)9/h10,13-16,19,21,29-30H,5-6,8-9,12,17-18H2,1-4H3,(H2,28,31);2-4H,1H3/b23-10+,26-24-;. The van der Waals surface area contributed by atoms with E-state index >= 15 is 0 Å². The van der Waals surface area contributed by atoms with Crippen LogP contribution in [0.3, 0.4) is 0 Å². The van der Waals surface area contributed by atoms with E-state index in [4.69, 9.17) is 5.73 Å². The fraction of sp³-hybridized carbons (Fsp3) is 0.382. The lowest BCUT2D eigenvalue weighted by molar-refractivity contribution is -0.126. The van der Waals surface area contributed by atoms with Crippen LogP contribution < -0.4 is 16.5 Å². The third kappa shape index (κ3) is 10.4. The highest BCUT2D eigenvalue weighted by atomic mass is 19.1. The van der Waals surface area contributed by atoms with Crippen molar-refractivity contribution in [2.45, 2.75) is 59.8 Å². The van der Waals surface area contributed by atoms with Gasteiger partial charge in [0.15, 0.2) is 12.1 Å². The largest absolute Gasteiger partial charge is 0.381 e. The quantitative estimate of drug-likeness (QED) is 0.0611. The summed E-state index contributed by atoms with van der Waals surface area (Å²) in [4.78, 5) is 26.7. The van der Waals surface area contributed by atoms with Crippen molar-refractivity contribution in [1.29, 1.82) is 0 Å². The molecule has 2 aromatic carbocycles. The number of carbonyl (C=O) groups is 2. The second-order valence-corrected chi connectivity index (χ2v) is 10.1. The number of rotatable bonds is 10. The monoisotopic (exact) mass is 591 g/mol. The zero-order chi connectivity index (χ0) is 31.8. The molecular formula is C34H43F2N5O2. The van der Waals surface area contributed by atoms with Gasteiger partial charge in [-0.2, -0.15) is 5.10 Å². The van der Waals surface area contributed by atoms with Gasteiger partial charge in [0.1, 0.15) is 11.6 Å². The minimum atomic E-state index is -0.491. The Morgan fingerprint density at radius 3 is 2.37 bits per heavy atom. The number of anilines is 1. The van der Waals surface area contributed by atoms with Crippen LogP contribution in [-0.2, 0) is 16.0 Å². The highest BCUT2D eigenvalue weighted by molar-refractivity contribution is 6.05. The Morgan fingerprint density at radius 2 is 1.84 bits per heavy atom. The van der Waals surface area contributed by atoms with Crippen molar-refractivity contribution in [1.82, 2.24) is 10.3 Å². The molecule has 1 amide bonds. The van der Waals surface area contributed by atoms with Gasteiger partial charge in [-0.1, -0.05) is 50.5 Å². The van der Waals surface area contributed by atoms with E-state index in [1.165, 1.54) is 30.7 Å². The molecule has 1 fully saturated rings. The van der Waals surface area contributed by atoms with Gasteiger partial charge >= 0.3 is 0 Å². The van der Waals surface area contributed by atoms with Crippen LogP contribution in [0.25, 0.3) is 0 Å². The Labute approximate surface area is 254 Å². The van der Waals surface area contributed by atoms with Gasteiger partial charge in [-0.3, -0.25) is 9.59 Å². The molecule has 230 valence electrons. The number of nitrogens with zero attached hydrogens (tertiary/aromatic N) is 2. The summed E-state index contributed by atoms with van der Waals surface area (Å²) >= 11 is 0. The number of nitrogens with two attached hydrogens (primary N) is 1. The van der Waals surface area contributed by atoms with Gasteiger partial charge in [0, 0.05) is 42.9 Å². The summed E-state index contributed by atoms with van der Waals surface area (Å²) in [6.45, 7) is 8.42. The molecule has 0 aliphatic carbocycles. The molecule has 0 saturated carbocycles.